The molecule has 2 aliphatic heterocycles. The number of benzene rings is 3. The minimum atomic E-state index is 0.0813. The van der Waals surface area contributed by atoms with Crippen molar-refractivity contribution in [1.82, 2.24) is 19.8 Å². The van der Waals surface area contributed by atoms with E-state index in [0.29, 0.717) is 6.04 Å². The van der Waals surface area contributed by atoms with Crippen LogP contribution in [0.3, 0.4) is 0 Å². The van der Waals surface area contributed by atoms with Gasteiger partial charge in [-0.15, -0.1) is 0 Å². The Morgan fingerprint density at radius 2 is 1.51 bits per heavy atom. The summed E-state index contributed by atoms with van der Waals surface area (Å²) in [7, 11) is 0. The van der Waals surface area contributed by atoms with Crippen LogP contribution in [0.2, 0.25) is 0 Å². The van der Waals surface area contributed by atoms with Gasteiger partial charge in [-0.2, -0.15) is 0 Å². The molecular formula is C33H39N5O. The SMILES string of the molecule is Cc1ccccc1Cn1c(N2CCC(C(=O)NC3CCN(Cc4ccccc4)CC3)CC2)nc2ccccc21. The van der Waals surface area contributed by atoms with Crippen molar-refractivity contribution in [3.8, 4) is 0 Å². The first-order valence-electron chi connectivity index (χ1n) is 14.5. The summed E-state index contributed by atoms with van der Waals surface area (Å²) in [6.45, 7) is 7.74. The number of nitrogens with zero attached hydrogens (tertiary/aromatic N) is 4. The van der Waals surface area contributed by atoms with E-state index in [-0.39, 0.29) is 11.8 Å². The van der Waals surface area contributed by atoms with Crippen LogP contribution in [-0.2, 0) is 17.9 Å². The van der Waals surface area contributed by atoms with Crippen LogP contribution in [0.25, 0.3) is 11.0 Å². The first-order valence-corrected chi connectivity index (χ1v) is 14.5. The summed E-state index contributed by atoms with van der Waals surface area (Å²) in [5, 5.41) is 3.39. The lowest BCUT2D eigenvalue weighted by Crippen LogP contribution is -2.48. The van der Waals surface area contributed by atoms with Crippen molar-refractivity contribution in [2.75, 3.05) is 31.1 Å². The van der Waals surface area contributed by atoms with Gasteiger partial charge in [0.25, 0.3) is 0 Å². The summed E-state index contributed by atoms with van der Waals surface area (Å²) < 4.78 is 2.35. The van der Waals surface area contributed by atoms with Crippen molar-refractivity contribution in [2.24, 2.45) is 5.92 Å². The van der Waals surface area contributed by atoms with Gasteiger partial charge in [0.15, 0.2) is 0 Å². The second-order valence-electron chi connectivity index (χ2n) is 11.2. The van der Waals surface area contributed by atoms with E-state index >= 15 is 0 Å². The zero-order chi connectivity index (χ0) is 26.6. The van der Waals surface area contributed by atoms with Gasteiger partial charge < -0.3 is 14.8 Å². The summed E-state index contributed by atoms with van der Waals surface area (Å²) >= 11 is 0. The Bertz CT molecular complexity index is 1400. The van der Waals surface area contributed by atoms with Crippen LogP contribution in [0.5, 0.6) is 0 Å². The zero-order valence-corrected chi connectivity index (χ0v) is 22.9. The van der Waals surface area contributed by atoms with Crippen LogP contribution in [0, 0.1) is 12.8 Å². The first-order chi connectivity index (χ1) is 19.1. The van der Waals surface area contributed by atoms with Crippen LogP contribution >= 0.6 is 0 Å². The van der Waals surface area contributed by atoms with E-state index in [1.165, 1.54) is 16.7 Å². The smallest absolute Gasteiger partial charge is 0.223 e. The molecule has 2 aliphatic rings. The molecular weight excluding hydrogens is 482 g/mol. The van der Waals surface area contributed by atoms with E-state index in [2.05, 4.69) is 105 Å². The standard InChI is InChI=1S/C33H39N5O/c1-25-9-5-6-12-28(25)24-38-31-14-8-7-13-30(31)35-33(38)37-21-15-27(16-22-37)32(39)34-29-17-19-36(20-18-29)23-26-10-3-2-4-11-26/h2-14,27,29H,15-24H2,1H3,(H,34,39). The zero-order valence-electron chi connectivity index (χ0n) is 22.9. The van der Waals surface area contributed by atoms with Crippen molar-refractivity contribution >= 4 is 22.9 Å². The predicted molar refractivity (Wildman–Crippen MR) is 158 cm³/mol. The number of anilines is 1. The van der Waals surface area contributed by atoms with Gasteiger partial charge in [-0.3, -0.25) is 9.69 Å². The number of hydrogen-bond acceptors (Lipinski definition) is 4. The lowest BCUT2D eigenvalue weighted by Gasteiger charge is -2.35. The normalized spacial score (nSPS) is 17.5. The van der Waals surface area contributed by atoms with Crippen molar-refractivity contribution < 1.29 is 4.79 Å². The number of amides is 1. The van der Waals surface area contributed by atoms with Gasteiger partial charge in [0, 0.05) is 44.7 Å². The fraction of sp³-hybridized carbons (Fsp3) is 0.394. The number of imidazole rings is 1. The highest BCUT2D eigenvalue weighted by atomic mass is 16.2. The largest absolute Gasteiger partial charge is 0.353 e. The maximum Gasteiger partial charge on any atom is 0.223 e. The van der Waals surface area contributed by atoms with E-state index in [1.54, 1.807) is 0 Å². The lowest BCUT2D eigenvalue weighted by atomic mass is 9.94. The first kappa shape index (κ1) is 25.6. The number of carbonyl (C=O) groups excluding carboxylic acids is 1. The Morgan fingerprint density at radius 3 is 2.28 bits per heavy atom. The fourth-order valence-electron chi connectivity index (χ4n) is 6.16. The number of aromatic nitrogens is 2. The summed E-state index contributed by atoms with van der Waals surface area (Å²) in [5.74, 6) is 1.34. The molecule has 0 bridgehead atoms. The van der Waals surface area contributed by atoms with Gasteiger partial charge in [-0.05, 0) is 61.4 Å². The molecule has 2 fully saturated rings. The molecule has 4 aromatic rings. The maximum absolute atomic E-state index is 13.2. The monoisotopic (exact) mass is 521 g/mol. The predicted octanol–water partition coefficient (Wildman–Crippen LogP) is 5.39. The molecule has 0 unspecified atom stereocenters. The van der Waals surface area contributed by atoms with Crippen molar-refractivity contribution in [3.63, 3.8) is 0 Å². The number of piperidine rings is 2. The van der Waals surface area contributed by atoms with Crippen LogP contribution in [0.1, 0.15) is 42.4 Å². The Labute approximate surface area is 231 Å². The van der Waals surface area contributed by atoms with Crippen LogP contribution in [0.4, 0.5) is 5.95 Å². The highest BCUT2D eigenvalue weighted by Crippen LogP contribution is 2.29. The third kappa shape index (κ3) is 5.86. The average molecular weight is 522 g/mol. The summed E-state index contributed by atoms with van der Waals surface area (Å²) in [4.78, 5) is 23.1. The highest BCUT2D eigenvalue weighted by molar-refractivity contribution is 5.80. The fourth-order valence-corrected chi connectivity index (χ4v) is 6.16. The van der Waals surface area contributed by atoms with E-state index < -0.39 is 0 Å². The van der Waals surface area contributed by atoms with Crippen LogP contribution in [0.15, 0.2) is 78.9 Å². The quantitative estimate of drug-likeness (QED) is 0.354. The number of carbonyl (C=O) groups is 1. The summed E-state index contributed by atoms with van der Waals surface area (Å²) in [6, 6.07) is 27.9. The van der Waals surface area contributed by atoms with Gasteiger partial charge in [0.1, 0.15) is 0 Å². The minimum absolute atomic E-state index is 0.0813. The molecule has 3 heterocycles. The van der Waals surface area contributed by atoms with E-state index in [0.717, 1.165) is 81.9 Å². The molecule has 1 N–H and O–H groups in total. The molecule has 202 valence electrons. The molecule has 0 aliphatic carbocycles. The molecule has 3 aromatic carbocycles. The Hall–Kier alpha value is -3.64. The van der Waals surface area contributed by atoms with E-state index in [1.807, 2.05) is 0 Å². The molecule has 2 saturated heterocycles. The van der Waals surface area contributed by atoms with Gasteiger partial charge in [0.2, 0.25) is 11.9 Å². The molecule has 39 heavy (non-hydrogen) atoms. The molecule has 0 spiro atoms. The Kier molecular flexibility index (Phi) is 7.64. The topological polar surface area (TPSA) is 53.4 Å². The van der Waals surface area contributed by atoms with Crippen LogP contribution in [-0.4, -0.2) is 52.6 Å². The highest BCUT2D eigenvalue weighted by Gasteiger charge is 2.30. The minimum Gasteiger partial charge on any atom is -0.353 e. The number of para-hydroxylation sites is 2. The Balaban J connectivity index is 1.05. The molecule has 0 radical (unpaired) electrons. The number of hydrogen-bond donors (Lipinski definition) is 1. The van der Waals surface area contributed by atoms with Gasteiger partial charge in [-0.25, -0.2) is 4.98 Å². The van der Waals surface area contributed by atoms with Gasteiger partial charge in [0.05, 0.1) is 17.6 Å². The second-order valence-corrected chi connectivity index (χ2v) is 11.2. The third-order valence-electron chi connectivity index (χ3n) is 8.56. The van der Waals surface area contributed by atoms with E-state index in [9.17, 15) is 4.79 Å². The van der Waals surface area contributed by atoms with Crippen molar-refractivity contribution in [1.29, 1.82) is 0 Å². The van der Waals surface area contributed by atoms with Gasteiger partial charge in [-0.1, -0.05) is 66.7 Å². The lowest BCUT2D eigenvalue weighted by molar-refractivity contribution is -0.126. The molecule has 0 atom stereocenters. The number of rotatable bonds is 7. The number of fused-ring (bicyclic) bond motifs is 1. The maximum atomic E-state index is 13.2. The summed E-state index contributed by atoms with van der Waals surface area (Å²) in [6.07, 6.45) is 3.79. The number of aryl methyl sites for hydroxylation is 1. The third-order valence-corrected chi connectivity index (χ3v) is 8.56. The van der Waals surface area contributed by atoms with Gasteiger partial charge >= 0.3 is 0 Å². The molecule has 6 rings (SSSR count). The average Bonchev–Trinajstić information content (AvgIpc) is 3.34. The molecule has 6 nitrogen and oxygen atoms in total. The second kappa shape index (κ2) is 11.6. The van der Waals surface area contributed by atoms with Crippen LogP contribution < -0.4 is 10.2 Å². The molecule has 1 amide bonds. The van der Waals surface area contributed by atoms with Crippen molar-refractivity contribution in [2.45, 2.75) is 51.7 Å². The number of nitrogens with one attached hydrogen (secondary N) is 1. The number of likely N-dealkylation sites (tertiary alicyclic amines) is 1. The Morgan fingerprint density at radius 1 is 0.821 bits per heavy atom. The molecule has 1 aromatic heterocycles. The van der Waals surface area contributed by atoms with E-state index in [4.69, 9.17) is 4.98 Å². The van der Waals surface area contributed by atoms with Crippen molar-refractivity contribution in [3.05, 3.63) is 95.6 Å². The molecule has 6 heteroatoms. The molecule has 0 saturated carbocycles. The summed E-state index contributed by atoms with van der Waals surface area (Å²) in [5.41, 5.74) is 6.15.